The Bertz CT molecular complexity index is 615. The number of ether oxygens (including phenoxy) is 1. The molecule has 11 heteroatoms. The number of nitrogens with one attached hydrogen (secondary N) is 1. The average molecular weight is 497 g/mol. The smallest absolute Gasteiger partial charge is 0.550 e. The van der Waals surface area contributed by atoms with E-state index in [0.717, 1.165) is 19.3 Å². The summed E-state index contributed by atoms with van der Waals surface area (Å²) in [7, 11) is 0. The number of nitrogens with two attached hydrogens (primary N) is 1. The van der Waals surface area contributed by atoms with Gasteiger partial charge in [0.05, 0.1) is 0 Å². The first-order valence-corrected chi connectivity index (χ1v) is 11.4. The minimum absolute atomic E-state index is 0. The number of esters is 2. The maximum atomic E-state index is 12.2. The Kier molecular flexibility index (Phi) is 22.5. The number of carbonyl (C=O) groups is 5. The molecular weight excluding hydrogens is 459 g/mol. The molecule has 0 saturated carbocycles. The second kappa shape index (κ2) is 21.7. The summed E-state index contributed by atoms with van der Waals surface area (Å²) in [5, 5.41) is 21.7. The van der Waals surface area contributed by atoms with Crippen LogP contribution in [0.3, 0.4) is 0 Å². The van der Waals surface area contributed by atoms with Crippen LogP contribution in [0.15, 0.2) is 0 Å². The fourth-order valence-electron chi connectivity index (χ4n) is 3.02. The van der Waals surface area contributed by atoms with Gasteiger partial charge in [0.15, 0.2) is 0 Å². The van der Waals surface area contributed by atoms with Crippen LogP contribution in [-0.4, -0.2) is 47.0 Å². The van der Waals surface area contributed by atoms with E-state index in [4.69, 9.17) is 10.8 Å². The molecule has 184 valence electrons. The van der Waals surface area contributed by atoms with Crippen LogP contribution in [0, 0.1) is 0 Å². The molecule has 0 saturated heterocycles. The van der Waals surface area contributed by atoms with Crippen LogP contribution < -0.4 is 67.5 Å². The topological polar surface area (TPSA) is 176 Å². The van der Waals surface area contributed by atoms with Crippen LogP contribution in [0.2, 0.25) is 0 Å². The standard InChI is InChI=1S/C22H38N2O8.K/c1-2-3-4-5-6-7-8-9-10-11-18(25)24-17(13-15-20(28)29)22(31)32-21(30)16(23)12-14-19(26)27;/h16-17H,2-15,23H2,1H3,(H,24,25)(H,26,27)(H,28,29);/q;+1/p-1/t16-,17-;/m0./s1. The van der Waals surface area contributed by atoms with Crippen LogP contribution in [0.1, 0.15) is 96.8 Å². The van der Waals surface area contributed by atoms with Gasteiger partial charge in [0.1, 0.15) is 12.1 Å². The molecule has 0 aromatic carbocycles. The monoisotopic (exact) mass is 496 g/mol. The van der Waals surface area contributed by atoms with Crippen LogP contribution in [0.5, 0.6) is 0 Å². The predicted octanol–water partition coefficient (Wildman–Crippen LogP) is -1.81. The molecule has 0 aromatic heterocycles. The fraction of sp³-hybridized carbons (Fsp3) is 0.773. The average Bonchev–Trinajstić information content (AvgIpc) is 2.73. The van der Waals surface area contributed by atoms with E-state index in [-0.39, 0.29) is 70.6 Å². The maximum Gasteiger partial charge on any atom is 1.00 e. The van der Waals surface area contributed by atoms with E-state index in [0.29, 0.717) is 6.42 Å². The van der Waals surface area contributed by atoms with E-state index in [1.54, 1.807) is 0 Å². The van der Waals surface area contributed by atoms with Gasteiger partial charge >= 0.3 is 69.3 Å². The number of carbonyl (C=O) groups excluding carboxylic acids is 4. The summed E-state index contributed by atoms with van der Waals surface area (Å²) in [5.41, 5.74) is 5.48. The molecule has 0 aliphatic rings. The summed E-state index contributed by atoms with van der Waals surface area (Å²) in [4.78, 5) is 57.5. The van der Waals surface area contributed by atoms with E-state index in [1.165, 1.54) is 32.1 Å². The van der Waals surface area contributed by atoms with Gasteiger partial charge in [-0.1, -0.05) is 58.3 Å². The van der Waals surface area contributed by atoms with E-state index in [9.17, 15) is 29.1 Å². The van der Waals surface area contributed by atoms with Gasteiger partial charge in [-0.05, 0) is 25.7 Å². The van der Waals surface area contributed by atoms with Crippen molar-refractivity contribution in [2.75, 3.05) is 0 Å². The molecule has 0 heterocycles. The molecule has 0 rings (SSSR count). The first-order valence-electron chi connectivity index (χ1n) is 11.4. The summed E-state index contributed by atoms with van der Waals surface area (Å²) in [6.45, 7) is 2.17. The molecule has 10 nitrogen and oxygen atoms in total. The molecule has 4 N–H and O–H groups in total. The number of hydrogen-bond acceptors (Lipinski definition) is 8. The summed E-state index contributed by atoms with van der Waals surface area (Å²) in [5.74, 6) is -5.28. The molecule has 0 spiro atoms. The molecule has 0 fully saturated rings. The third kappa shape index (κ3) is 20.3. The molecule has 0 aliphatic heterocycles. The van der Waals surface area contributed by atoms with Gasteiger partial charge in [-0.2, -0.15) is 0 Å². The summed E-state index contributed by atoms with van der Waals surface area (Å²) >= 11 is 0. The molecule has 0 unspecified atom stereocenters. The van der Waals surface area contributed by atoms with Crippen molar-refractivity contribution in [3.63, 3.8) is 0 Å². The zero-order valence-corrected chi connectivity index (χ0v) is 23.1. The Morgan fingerprint density at radius 3 is 1.91 bits per heavy atom. The van der Waals surface area contributed by atoms with E-state index < -0.39 is 54.7 Å². The van der Waals surface area contributed by atoms with Crippen LogP contribution in [0.4, 0.5) is 0 Å². The second-order valence-corrected chi connectivity index (χ2v) is 7.89. The molecule has 0 radical (unpaired) electrons. The number of hydrogen-bond donors (Lipinski definition) is 3. The van der Waals surface area contributed by atoms with Gasteiger partial charge < -0.3 is 30.8 Å². The Hall–Kier alpha value is -0.854. The molecule has 2 atom stereocenters. The zero-order valence-electron chi connectivity index (χ0n) is 19.9. The number of aliphatic carboxylic acids is 2. The summed E-state index contributed by atoms with van der Waals surface area (Å²) in [6, 6.07) is -2.66. The molecular formula is C22H37KN2O8. The number of carboxylic acids is 2. The van der Waals surface area contributed by atoms with Crippen molar-refractivity contribution in [1.82, 2.24) is 5.32 Å². The van der Waals surface area contributed by atoms with Crippen molar-refractivity contribution in [2.24, 2.45) is 5.73 Å². The quantitative estimate of drug-likeness (QED) is 0.0805. The molecule has 0 aliphatic carbocycles. The molecule has 0 bridgehead atoms. The second-order valence-electron chi connectivity index (χ2n) is 7.89. The summed E-state index contributed by atoms with van der Waals surface area (Å²) in [6.07, 6.45) is 8.48. The Balaban J connectivity index is 0. The molecule has 0 aromatic rings. The van der Waals surface area contributed by atoms with Crippen molar-refractivity contribution in [3.8, 4) is 0 Å². The SMILES string of the molecule is CCCCCCCCCCCC(=O)N[C@@H](CCC(=O)O)C(=O)OC(=O)[C@@H](N)CCC(=O)[O-].[K+]. The van der Waals surface area contributed by atoms with Crippen molar-refractivity contribution in [1.29, 1.82) is 0 Å². The normalized spacial score (nSPS) is 12.2. The van der Waals surface area contributed by atoms with Crippen molar-refractivity contribution < 1.29 is 90.3 Å². The zero-order chi connectivity index (χ0) is 24.4. The van der Waals surface area contributed by atoms with Crippen LogP contribution in [-0.2, 0) is 28.7 Å². The van der Waals surface area contributed by atoms with Crippen LogP contribution in [0.25, 0.3) is 0 Å². The van der Waals surface area contributed by atoms with Gasteiger partial charge in [0, 0.05) is 18.8 Å². The number of rotatable bonds is 19. The summed E-state index contributed by atoms with van der Waals surface area (Å²) < 4.78 is 4.61. The third-order valence-corrected chi connectivity index (χ3v) is 4.94. The number of unbranched alkanes of at least 4 members (excludes halogenated alkanes) is 8. The minimum Gasteiger partial charge on any atom is -0.550 e. The Morgan fingerprint density at radius 2 is 1.39 bits per heavy atom. The Morgan fingerprint density at radius 1 is 0.848 bits per heavy atom. The number of carboxylic acid groups (broad SMARTS) is 2. The largest absolute Gasteiger partial charge is 1.00 e. The fourth-order valence-corrected chi connectivity index (χ4v) is 3.02. The first kappa shape index (κ1) is 34.3. The maximum absolute atomic E-state index is 12.2. The Labute approximate surface area is 238 Å². The van der Waals surface area contributed by atoms with E-state index >= 15 is 0 Å². The number of amides is 1. The van der Waals surface area contributed by atoms with Gasteiger partial charge in [0.2, 0.25) is 5.91 Å². The van der Waals surface area contributed by atoms with E-state index in [2.05, 4.69) is 17.0 Å². The molecule has 1 amide bonds. The van der Waals surface area contributed by atoms with Gasteiger partial charge in [-0.15, -0.1) is 0 Å². The van der Waals surface area contributed by atoms with Gasteiger partial charge in [-0.25, -0.2) is 9.59 Å². The first-order chi connectivity index (χ1) is 15.2. The van der Waals surface area contributed by atoms with E-state index in [1.807, 2.05) is 0 Å². The van der Waals surface area contributed by atoms with Crippen LogP contribution >= 0.6 is 0 Å². The van der Waals surface area contributed by atoms with Crippen molar-refractivity contribution in [3.05, 3.63) is 0 Å². The minimum atomic E-state index is -1.40. The van der Waals surface area contributed by atoms with Gasteiger partial charge in [-0.3, -0.25) is 9.59 Å². The molecule has 33 heavy (non-hydrogen) atoms. The third-order valence-electron chi connectivity index (χ3n) is 4.94. The predicted molar refractivity (Wildman–Crippen MR) is 114 cm³/mol. The van der Waals surface area contributed by atoms with Crippen molar-refractivity contribution in [2.45, 2.75) is 109 Å². The van der Waals surface area contributed by atoms with Gasteiger partial charge in [0.25, 0.3) is 0 Å². The van der Waals surface area contributed by atoms with Crippen molar-refractivity contribution >= 4 is 29.8 Å².